The summed E-state index contributed by atoms with van der Waals surface area (Å²) in [5.41, 5.74) is 0.399. The van der Waals surface area contributed by atoms with Crippen LogP contribution >= 0.6 is 0 Å². The van der Waals surface area contributed by atoms with Gasteiger partial charge in [0.1, 0.15) is 6.04 Å². The molecule has 0 unspecified atom stereocenters. The number of urea groups is 1. The van der Waals surface area contributed by atoms with E-state index in [1.54, 1.807) is 11.8 Å². The lowest BCUT2D eigenvalue weighted by Crippen LogP contribution is -2.58. The molecule has 1 aliphatic rings. The Morgan fingerprint density at radius 2 is 2.18 bits per heavy atom. The van der Waals surface area contributed by atoms with Gasteiger partial charge >= 0.3 is 6.03 Å². The summed E-state index contributed by atoms with van der Waals surface area (Å²) in [6.45, 7) is 7.52. The van der Waals surface area contributed by atoms with Gasteiger partial charge in [-0.05, 0) is 25.0 Å². The molecular formula is C15H21FN4O2. The zero-order valence-electron chi connectivity index (χ0n) is 13.0. The van der Waals surface area contributed by atoms with Crippen LogP contribution in [0.5, 0.6) is 0 Å². The fourth-order valence-corrected chi connectivity index (χ4v) is 2.47. The van der Waals surface area contributed by atoms with Gasteiger partial charge in [-0.25, -0.2) is 9.78 Å². The van der Waals surface area contributed by atoms with Crippen LogP contribution in [-0.4, -0.2) is 52.4 Å². The van der Waals surface area contributed by atoms with Crippen LogP contribution in [0, 0.1) is 11.9 Å². The predicted octanol–water partition coefficient (Wildman–Crippen LogP) is 1.94. The molecule has 1 aliphatic heterocycles. The number of hydrogen-bond acceptors (Lipinski definition) is 3. The van der Waals surface area contributed by atoms with Crippen molar-refractivity contribution in [1.82, 2.24) is 14.8 Å². The summed E-state index contributed by atoms with van der Waals surface area (Å²) in [4.78, 5) is 31.3. The van der Waals surface area contributed by atoms with Gasteiger partial charge in [0.25, 0.3) is 0 Å². The van der Waals surface area contributed by atoms with Crippen LogP contribution in [0.2, 0.25) is 0 Å². The standard InChI is InChI=1S/C15H21FN4O2/c1-10(2)9-19-6-7-20(11(3)14(19)21)15(22)18-12-4-5-13(16)17-8-12/h4-5,8,10-11H,6-7,9H2,1-3H3,(H,18,22)/t11-/m1/s1. The molecule has 22 heavy (non-hydrogen) atoms. The van der Waals surface area contributed by atoms with Crippen molar-refractivity contribution in [3.63, 3.8) is 0 Å². The molecule has 3 amide bonds. The van der Waals surface area contributed by atoms with E-state index in [-0.39, 0.29) is 11.9 Å². The number of hydrogen-bond donors (Lipinski definition) is 1. The van der Waals surface area contributed by atoms with E-state index >= 15 is 0 Å². The number of amides is 3. The molecular weight excluding hydrogens is 287 g/mol. The molecule has 2 rings (SSSR count). The zero-order chi connectivity index (χ0) is 16.3. The molecule has 0 saturated carbocycles. The predicted molar refractivity (Wildman–Crippen MR) is 80.8 cm³/mol. The van der Waals surface area contributed by atoms with Gasteiger partial charge in [0.05, 0.1) is 11.9 Å². The summed E-state index contributed by atoms with van der Waals surface area (Å²) >= 11 is 0. The summed E-state index contributed by atoms with van der Waals surface area (Å²) in [7, 11) is 0. The van der Waals surface area contributed by atoms with Crippen molar-refractivity contribution in [2.45, 2.75) is 26.8 Å². The van der Waals surface area contributed by atoms with Gasteiger partial charge in [0.2, 0.25) is 11.9 Å². The van der Waals surface area contributed by atoms with E-state index in [2.05, 4.69) is 24.1 Å². The van der Waals surface area contributed by atoms with E-state index in [1.807, 2.05) is 0 Å². The molecule has 0 bridgehead atoms. The third-order valence-corrected chi connectivity index (χ3v) is 3.57. The van der Waals surface area contributed by atoms with E-state index in [0.717, 1.165) is 0 Å². The average molecular weight is 308 g/mol. The highest BCUT2D eigenvalue weighted by Crippen LogP contribution is 2.15. The highest BCUT2D eigenvalue weighted by atomic mass is 19.1. The minimum absolute atomic E-state index is 0.0488. The van der Waals surface area contributed by atoms with Gasteiger partial charge in [-0.3, -0.25) is 4.79 Å². The first kappa shape index (κ1) is 16.2. The summed E-state index contributed by atoms with van der Waals surface area (Å²) < 4.78 is 12.8. The highest BCUT2D eigenvalue weighted by molar-refractivity contribution is 5.94. The summed E-state index contributed by atoms with van der Waals surface area (Å²) in [6.07, 6.45) is 1.24. The molecule has 1 saturated heterocycles. The molecule has 0 aliphatic carbocycles. The number of halogens is 1. The first-order chi connectivity index (χ1) is 10.4. The van der Waals surface area contributed by atoms with Gasteiger partial charge in [-0.2, -0.15) is 4.39 Å². The number of aromatic nitrogens is 1. The molecule has 120 valence electrons. The van der Waals surface area contributed by atoms with Gasteiger partial charge in [0, 0.05) is 19.6 Å². The SMILES string of the molecule is CC(C)CN1CCN(C(=O)Nc2ccc(F)nc2)[C@H](C)C1=O. The van der Waals surface area contributed by atoms with Crippen molar-refractivity contribution in [2.75, 3.05) is 25.0 Å². The van der Waals surface area contributed by atoms with Gasteiger partial charge in [0.15, 0.2) is 0 Å². The Labute approximate surface area is 129 Å². The van der Waals surface area contributed by atoms with Crippen LogP contribution in [0.4, 0.5) is 14.9 Å². The first-order valence-electron chi connectivity index (χ1n) is 7.36. The number of anilines is 1. The average Bonchev–Trinajstić information content (AvgIpc) is 2.46. The first-order valence-corrected chi connectivity index (χ1v) is 7.36. The van der Waals surface area contributed by atoms with Crippen LogP contribution in [0.25, 0.3) is 0 Å². The van der Waals surface area contributed by atoms with Crippen molar-refractivity contribution in [2.24, 2.45) is 5.92 Å². The second-order valence-corrected chi connectivity index (χ2v) is 5.85. The quantitative estimate of drug-likeness (QED) is 0.868. The van der Waals surface area contributed by atoms with E-state index in [1.165, 1.54) is 23.2 Å². The minimum atomic E-state index is -0.608. The lowest BCUT2D eigenvalue weighted by Gasteiger charge is -2.39. The van der Waals surface area contributed by atoms with Crippen LogP contribution in [-0.2, 0) is 4.79 Å². The third kappa shape index (κ3) is 3.72. The molecule has 6 nitrogen and oxygen atoms in total. The number of nitrogens with zero attached hydrogens (tertiary/aromatic N) is 3. The normalized spacial score (nSPS) is 18.8. The Hall–Kier alpha value is -2.18. The molecule has 0 radical (unpaired) electrons. The van der Waals surface area contributed by atoms with Crippen molar-refractivity contribution in [1.29, 1.82) is 0 Å². The molecule has 1 fully saturated rings. The van der Waals surface area contributed by atoms with E-state index in [4.69, 9.17) is 0 Å². The van der Waals surface area contributed by atoms with E-state index in [9.17, 15) is 14.0 Å². The monoisotopic (exact) mass is 308 g/mol. The lowest BCUT2D eigenvalue weighted by atomic mass is 10.1. The summed E-state index contributed by atoms with van der Waals surface area (Å²) in [5, 5.41) is 2.63. The third-order valence-electron chi connectivity index (χ3n) is 3.57. The largest absolute Gasteiger partial charge is 0.339 e. The number of carbonyl (C=O) groups is 2. The maximum absolute atomic E-state index is 12.8. The van der Waals surface area contributed by atoms with Crippen LogP contribution < -0.4 is 5.32 Å². The van der Waals surface area contributed by atoms with Gasteiger partial charge in [-0.1, -0.05) is 13.8 Å². The molecule has 0 aromatic carbocycles. The number of carbonyl (C=O) groups excluding carboxylic acids is 2. The second kappa shape index (κ2) is 6.72. The molecule has 0 spiro atoms. The lowest BCUT2D eigenvalue weighted by molar-refractivity contribution is -0.139. The smallest absolute Gasteiger partial charge is 0.322 e. The molecule has 7 heteroatoms. The Kier molecular flexibility index (Phi) is 4.95. The second-order valence-electron chi connectivity index (χ2n) is 5.85. The zero-order valence-corrected chi connectivity index (χ0v) is 13.0. The van der Waals surface area contributed by atoms with E-state index in [0.29, 0.717) is 31.2 Å². The fourth-order valence-electron chi connectivity index (χ4n) is 2.47. The van der Waals surface area contributed by atoms with Gasteiger partial charge < -0.3 is 15.1 Å². The summed E-state index contributed by atoms with van der Waals surface area (Å²) in [5.74, 6) is -0.266. The Morgan fingerprint density at radius 3 is 2.77 bits per heavy atom. The molecule has 1 atom stereocenters. The topological polar surface area (TPSA) is 65.5 Å². The van der Waals surface area contributed by atoms with Crippen LogP contribution in [0.3, 0.4) is 0 Å². The number of piperazine rings is 1. The minimum Gasteiger partial charge on any atom is -0.339 e. The molecule has 2 heterocycles. The van der Waals surface area contributed by atoms with Crippen LogP contribution in [0.15, 0.2) is 18.3 Å². The van der Waals surface area contributed by atoms with Crippen molar-refractivity contribution in [3.8, 4) is 0 Å². The van der Waals surface area contributed by atoms with Crippen LogP contribution in [0.1, 0.15) is 20.8 Å². The van der Waals surface area contributed by atoms with Gasteiger partial charge in [-0.15, -0.1) is 0 Å². The summed E-state index contributed by atoms with van der Waals surface area (Å²) in [6, 6.07) is 1.71. The highest BCUT2D eigenvalue weighted by Gasteiger charge is 2.34. The van der Waals surface area contributed by atoms with Crippen molar-refractivity contribution in [3.05, 3.63) is 24.3 Å². The van der Waals surface area contributed by atoms with Crippen molar-refractivity contribution >= 4 is 17.6 Å². The Morgan fingerprint density at radius 1 is 1.45 bits per heavy atom. The number of nitrogens with one attached hydrogen (secondary N) is 1. The maximum Gasteiger partial charge on any atom is 0.322 e. The Bertz CT molecular complexity index is 547. The number of rotatable bonds is 3. The fraction of sp³-hybridized carbons (Fsp3) is 0.533. The molecule has 1 aromatic rings. The maximum atomic E-state index is 12.8. The number of pyridine rings is 1. The molecule has 1 aromatic heterocycles. The Balaban J connectivity index is 1.99. The van der Waals surface area contributed by atoms with E-state index < -0.39 is 12.0 Å². The van der Waals surface area contributed by atoms with Crippen molar-refractivity contribution < 1.29 is 14.0 Å². The molecule has 1 N–H and O–H groups in total.